The first-order chi connectivity index (χ1) is 11.0. The molecular formula is C20H30O3. The largest absolute Gasteiger partial charge is 0.507 e. The van der Waals surface area contributed by atoms with Crippen molar-refractivity contribution in [1.82, 2.24) is 0 Å². The number of phenols is 2. The number of benzene rings is 1. The molecule has 23 heavy (non-hydrogen) atoms. The number of rotatable bonds is 7. The van der Waals surface area contributed by atoms with Crippen LogP contribution < -0.4 is 0 Å². The van der Waals surface area contributed by atoms with E-state index in [1.165, 1.54) is 0 Å². The molecule has 0 spiro atoms. The van der Waals surface area contributed by atoms with Crippen LogP contribution in [0.5, 0.6) is 11.5 Å². The van der Waals surface area contributed by atoms with Crippen molar-refractivity contribution in [3.05, 3.63) is 34.9 Å². The van der Waals surface area contributed by atoms with Gasteiger partial charge in [-0.1, -0.05) is 39.7 Å². The van der Waals surface area contributed by atoms with Crippen LogP contribution in [0.1, 0.15) is 63.5 Å². The zero-order valence-electron chi connectivity index (χ0n) is 14.5. The zero-order valence-corrected chi connectivity index (χ0v) is 14.5. The van der Waals surface area contributed by atoms with E-state index in [0.717, 1.165) is 43.2 Å². The molecule has 2 atom stereocenters. The number of hydrogen-bond donors (Lipinski definition) is 3. The summed E-state index contributed by atoms with van der Waals surface area (Å²) in [6.07, 6.45) is 7.12. The maximum absolute atomic E-state index is 10.5. The molecule has 1 aromatic carbocycles. The number of aryl methyl sites for hydroxylation is 1. The molecule has 0 saturated heterocycles. The second kappa shape index (κ2) is 7.87. The average molecular weight is 318 g/mol. The maximum Gasteiger partial charge on any atom is 0.123 e. The molecule has 3 nitrogen and oxygen atoms in total. The fourth-order valence-corrected chi connectivity index (χ4v) is 3.68. The molecule has 3 heteroatoms. The molecule has 0 fully saturated rings. The summed E-state index contributed by atoms with van der Waals surface area (Å²) in [7, 11) is 0. The summed E-state index contributed by atoms with van der Waals surface area (Å²) >= 11 is 0. The number of aliphatic hydroxyl groups excluding tert-OH is 1. The topological polar surface area (TPSA) is 60.7 Å². The SMILES string of the molecule is CCCCCc1cc(O)c([C@H]2C=C(CO)CC2C(C)C)c(O)c1. The molecule has 1 aromatic rings. The van der Waals surface area contributed by atoms with E-state index in [9.17, 15) is 15.3 Å². The van der Waals surface area contributed by atoms with Gasteiger partial charge in [0, 0.05) is 11.5 Å². The van der Waals surface area contributed by atoms with E-state index in [2.05, 4.69) is 20.8 Å². The van der Waals surface area contributed by atoms with Gasteiger partial charge in [0.1, 0.15) is 11.5 Å². The molecule has 0 bridgehead atoms. The van der Waals surface area contributed by atoms with Gasteiger partial charge >= 0.3 is 0 Å². The summed E-state index contributed by atoms with van der Waals surface area (Å²) in [5.41, 5.74) is 2.61. The average Bonchev–Trinajstić information content (AvgIpc) is 2.91. The lowest BCUT2D eigenvalue weighted by Crippen LogP contribution is -2.14. The van der Waals surface area contributed by atoms with Gasteiger partial charge in [-0.05, 0) is 54.4 Å². The first kappa shape index (κ1) is 17.9. The summed E-state index contributed by atoms with van der Waals surface area (Å²) in [6.45, 7) is 6.52. The van der Waals surface area contributed by atoms with Crippen molar-refractivity contribution < 1.29 is 15.3 Å². The van der Waals surface area contributed by atoms with Gasteiger partial charge in [-0.2, -0.15) is 0 Å². The van der Waals surface area contributed by atoms with Crippen molar-refractivity contribution in [2.45, 2.75) is 58.8 Å². The summed E-state index contributed by atoms with van der Waals surface area (Å²) in [5.74, 6) is 1.07. The van der Waals surface area contributed by atoms with Crippen molar-refractivity contribution in [3.8, 4) is 11.5 Å². The molecule has 0 amide bonds. The Morgan fingerprint density at radius 1 is 1.13 bits per heavy atom. The Balaban J connectivity index is 2.29. The van der Waals surface area contributed by atoms with Crippen LogP contribution in [0.25, 0.3) is 0 Å². The molecular weight excluding hydrogens is 288 g/mol. The molecule has 128 valence electrons. The number of unbranched alkanes of at least 4 members (excludes halogenated alkanes) is 2. The van der Waals surface area contributed by atoms with Crippen molar-refractivity contribution in [2.24, 2.45) is 11.8 Å². The normalized spacial score (nSPS) is 21.0. The molecule has 0 heterocycles. The van der Waals surface area contributed by atoms with Gasteiger partial charge in [0.15, 0.2) is 0 Å². The van der Waals surface area contributed by atoms with E-state index in [0.29, 0.717) is 17.4 Å². The minimum Gasteiger partial charge on any atom is -0.507 e. The first-order valence-corrected chi connectivity index (χ1v) is 8.83. The fourth-order valence-electron chi connectivity index (χ4n) is 3.68. The van der Waals surface area contributed by atoms with Gasteiger partial charge in [0.05, 0.1) is 6.61 Å². The smallest absolute Gasteiger partial charge is 0.123 e. The second-order valence-electron chi connectivity index (χ2n) is 7.13. The van der Waals surface area contributed by atoms with E-state index in [4.69, 9.17) is 0 Å². The number of phenolic OH excluding ortho intramolecular Hbond substituents is 2. The Morgan fingerprint density at radius 3 is 2.30 bits per heavy atom. The molecule has 1 aliphatic carbocycles. The van der Waals surface area contributed by atoms with Crippen LogP contribution in [-0.2, 0) is 6.42 Å². The molecule has 0 saturated carbocycles. The van der Waals surface area contributed by atoms with Gasteiger partial charge in [-0.25, -0.2) is 0 Å². The van der Waals surface area contributed by atoms with E-state index >= 15 is 0 Å². The molecule has 1 unspecified atom stereocenters. The maximum atomic E-state index is 10.5. The highest BCUT2D eigenvalue weighted by molar-refractivity contribution is 5.51. The summed E-state index contributed by atoms with van der Waals surface area (Å²) < 4.78 is 0. The number of allylic oxidation sites excluding steroid dienone is 1. The van der Waals surface area contributed by atoms with Crippen molar-refractivity contribution in [1.29, 1.82) is 0 Å². The Hall–Kier alpha value is -1.48. The Bertz CT molecular complexity index is 537. The third kappa shape index (κ3) is 4.08. The van der Waals surface area contributed by atoms with Gasteiger partial charge < -0.3 is 15.3 Å². The predicted octanol–water partition coefficient (Wildman–Crippen LogP) is 4.51. The lowest BCUT2D eigenvalue weighted by atomic mass is 9.80. The molecule has 0 aromatic heterocycles. The Labute approximate surface area is 139 Å². The van der Waals surface area contributed by atoms with Crippen molar-refractivity contribution in [2.75, 3.05) is 6.61 Å². The molecule has 1 aliphatic rings. The van der Waals surface area contributed by atoms with Gasteiger partial charge in [-0.3, -0.25) is 0 Å². The van der Waals surface area contributed by atoms with Crippen LogP contribution in [0, 0.1) is 11.8 Å². The van der Waals surface area contributed by atoms with Crippen LogP contribution >= 0.6 is 0 Å². The van der Waals surface area contributed by atoms with Gasteiger partial charge in [-0.15, -0.1) is 0 Å². The molecule has 0 radical (unpaired) electrons. The highest BCUT2D eigenvalue weighted by Crippen LogP contribution is 2.48. The highest BCUT2D eigenvalue weighted by atomic mass is 16.3. The van der Waals surface area contributed by atoms with E-state index < -0.39 is 0 Å². The number of aliphatic hydroxyl groups is 1. The third-order valence-electron chi connectivity index (χ3n) is 5.03. The molecule has 2 rings (SSSR count). The monoisotopic (exact) mass is 318 g/mol. The van der Waals surface area contributed by atoms with Crippen molar-refractivity contribution in [3.63, 3.8) is 0 Å². The van der Waals surface area contributed by atoms with Gasteiger partial charge in [0.25, 0.3) is 0 Å². The van der Waals surface area contributed by atoms with E-state index in [1.807, 2.05) is 6.08 Å². The van der Waals surface area contributed by atoms with Gasteiger partial charge in [0.2, 0.25) is 0 Å². The van der Waals surface area contributed by atoms with E-state index in [-0.39, 0.29) is 24.0 Å². The Kier molecular flexibility index (Phi) is 6.11. The Morgan fingerprint density at radius 2 is 1.78 bits per heavy atom. The first-order valence-electron chi connectivity index (χ1n) is 8.83. The molecule has 0 aliphatic heterocycles. The lowest BCUT2D eigenvalue weighted by molar-refractivity contribution is 0.311. The standard InChI is InChI=1S/C20H30O3/c1-4-5-6-7-14-10-18(22)20(19(23)11-14)17-9-15(12-21)8-16(17)13(2)3/h9-11,13,16-17,21-23H,4-8,12H2,1-3H3/t16?,17-/m0/s1. The summed E-state index contributed by atoms with van der Waals surface area (Å²) in [5, 5.41) is 30.4. The number of hydrogen-bond acceptors (Lipinski definition) is 3. The molecule has 3 N–H and O–H groups in total. The number of aromatic hydroxyl groups is 2. The lowest BCUT2D eigenvalue weighted by Gasteiger charge is -2.25. The fraction of sp³-hybridized carbons (Fsp3) is 0.600. The summed E-state index contributed by atoms with van der Waals surface area (Å²) in [4.78, 5) is 0. The van der Waals surface area contributed by atoms with Crippen LogP contribution in [0.15, 0.2) is 23.8 Å². The van der Waals surface area contributed by atoms with Crippen molar-refractivity contribution >= 4 is 0 Å². The third-order valence-corrected chi connectivity index (χ3v) is 5.03. The minimum absolute atomic E-state index is 0.0261. The summed E-state index contributed by atoms with van der Waals surface area (Å²) in [6, 6.07) is 3.60. The van der Waals surface area contributed by atoms with E-state index in [1.54, 1.807) is 12.1 Å². The highest BCUT2D eigenvalue weighted by Gasteiger charge is 2.34. The zero-order chi connectivity index (χ0) is 17.0. The van der Waals surface area contributed by atoms with Crippen LogP contribution in [-0.4, -0.2) is 21.9 Å². The van der Waals surface area contributed by atoms with Crippen LogP contribution in [0.4, 0.5) is 0 Å². The predicted molar refractivity (Wildman–Crippen MR) is 93.9 cm³/mol. The quantitative estimate of drug-likeness (QED) is 0.512. The van der Waals surface area contributed by atoms with Crippen LogP contribution in [0.3, 0.4) is 0 Å². The second-order valence-corrected chi connectivity index (χ2v) is 7.13. The van der Waals surface area contributed by atoms with Crippen LogP contribution in [0.2, 0.25) is 0 Å². The minimum atomic E-state index is -0.0261.